The van der Waals surface area contributed by atoms with Crippen LogP contribution in [0.5, 0.6) is 0 Å². The molecule has 0 saturated carbocycles. The average molecular weight is 496 g/mol. The molecular weight excluding hydrogens is 454 g/mol. The maximum atomic E-state index is 10.1. The van der Waals surface area contributed by atoms with E-state index in [1.807, 2.05) is 12.1 Å². The number of aryl methyl sites for hydroxylation is 1. The summed E-state index contributed by atoms with van der Waals surface area (Å²) < 4.78 is 0. The van der Waals surface area contributed by atoms with Crippen LogP contribution >= 0.6 is 11.6 Å². The lowest BCUT2D eigenvalue weighted by Crippen LogP contribution is -2.18. The molecule has 190 valence electrons. The predicted octanol–water partition coefficient (Wildman–Crippen LogP) is 9.16. The Balaban J connectivity index is 0.000000307. The molecule has 0 atom stereocenters. The van der Waals surface area contributed by atoms with Gasteiger partial charge in [0.15, 0.2) is 0 Å². The lowest BCUT2D eigenvalue weighted by molar-refractivity contribution is -0.137. The number of rotatable bonds is 14. The lowest BCUT2D eigenvalue weighted by atomic mass is 10.0. The van der Waals surface area contributed by atoms with Crippen molar-refractivity contribution >= 4 is 34.0 Å². The average Bonchev–Trinajstić information content (AvgIpc) is 2.86. The Kier molecular flexibility index (Phi) is 13.9. The molecule has 4 heteroatoms. The molecule has 0 heterocycles. The van der Waals surface area contributed by atoms with Gasteiger partial charge in [0, 0.05) is 30.7 Å². The molecule has 35 heavy (non-hydrogen) atoms. The van der Waals surface area contributed by atoms with Crippen molar-refractivity contribution in [3.63, 3.8) is 0 Å². The second-order valence-electron chi connectivity index (χ2n) is 9.30. The summed E-state index contributed by atoms with van der Waals surface area (Å²) in [7, 11) is 2.14. The third-order valence-corrected chi connectivity index (χ3v) is 6.54. The van der Waals surface area contributed by atoms with E-state index in [0.29, 0.717) is 6.42 Å². The van der Waals surface area contributed by atoms with Crippen LogP contribution in [0.1, 0.15) is 76.7 Å². The molecule has 0 aliphatic rings. The van der Waals surface area contributed by atoms with E-state index in [4.69, 9.17) is 16.7 Å². The van der Waals surface area contributed by atoms with Crippen LogP contribution in [0.4, 0.5) is 5.69 Å². The normalized spacial score (nSPS) is 10.6. The number of anilines is 1. The van der Waals surface area contributed by atoms with E-state index in [0.717, 1.165) is 30.8 Å². The van der Waals surface area contributed by atoms with Gasteiger partial charge in [-0.1, -0.05) is 99.5 Å². The van der Waals surface area contributed by atoms with Crippen molar-refractivity contribution in [2.75, 3.05) is 18.5 Å². The van der Waals surface area contributed by atoms with E-state index in [-0.39, 0.29) is 0 Å². The monoisotopic (exact) mass is 495 g/mol. The number of aliphatic carboxylic acids is 1. The van der Waals surface area contributed by atoms with Gasteiger partial charge in [0.25, 0.3) is 0 Å². The fourth-order valence-corrected chi connectivity index (χ4v) is 4.26. The first-order valence-electron chi connectivity index (χ1n) is 13.2. The smallest absolute Gasteiger partial charge is 0.303 e. The van der Waals surface area contributed by atoms with E-state index in [1.54, 1.807) is 0 Å². The first kappa shape index (κ1) is 28.7. The minimum absolute atomic E-state index is 0.341. The summed E-state index contributed by atoms with van der Waals surface area (Å²) in [4.78, 5) is 12.4. The molecule has 3 aromatic rings. The van der Waals surface area contributed by atoms with Crippen LogP contribution in [0.25, 0.3) is 10.8 Å². The summed E-state index contributed by atoms with van der Waals surface area (Å²) >= 11 is 5.93. The highest BCUT2D eigenvalue weighted by Gasteiger charge is 2.02. The molecule has 0 radical (unpaired) electrons. The number of hydrogen-bond donors (Lipinski definition) is 1. The number of carboxylic acid groups (broad SMARTS) is 1. The van der Waals surface area contributed by atoms with Gasteiger partial charge in [0.1, 0.15) is 0 Å². The zero-order chi connectivity index (χ0) is 25.3. The van der Waals surface area contributed by atoms with Gasteiger partial charge in [-0.25, -0.2) is 0 Å². The Labute approximate surface area is 217 Å². The van der Waals surface area contributed by atoms with E-state index >= 15 is 0 Å². The zero-order valence-corrected chi connectivity index (χ0v) is 22.3. The molecule has 1 N–H and O–H groups in total. The number of unbranched alkanes of at least 4 members (excludes halogenated alkanes) is 7. The Morgan fingerprint density at radius 1 is 0.800 bits per heavy atom. The van der Waals surface area contributed by atoms with Gasteiger partial charge in [0.05, 0.1) is 0 Å². The minimum Gasteiger partial charge on any atom is -0.481 e. The highest BCUT2D eigenvalue weighted by molar-refractivity contribution is 6.30. The SMILES string of the molecule is CCCCCCCCCC(=O)O.CN(CCCCc1ccc2ccccc2c1)c1ccc(Cl)cc1. The second-order valence-corrected chi connectivity index (χ2v) is 9.74. The van der Waals surface area contributed by atoms with Crippen LogP contribution in [-0.2, 0) is 11.2 Å². The quantitative estimate of drug-likeness (QED) is 0.226. The molecule has 0 saturated heterocycles. The highest BCUT2D eigenvalue weighted by atomic mass is 35.5. The number of hydrogen-bond acceptors (Lipinski definition) is 2. The third-order valence-electron chi connectivity index (χ3n) is 6.28. The minimum atomic E-state index is -0.663. The highest BCUT2D eigenvalue weighted by Crippen LogP contribution is 2.19. The van der Waals surface area contributed by atoms with Gasteiger partial charge in [-0.3, -0.25) is 4.79 Å². The molecule has 3 aromatic carbocycles. The van der Waals surface area contributed by atoms with Gasteiger partial charge < -0.3 is 10.0 Å². The predicted molar refractivity (Wildman–Crippen MR) is 152 cm³/mol. The first-order chi connectivity index (χ1) is 17.0. The molecule has 0 aromatic heterocycles. The van der Waals surface area contributed by atoms with Gasteiger partial charge in [-0.15, -0.1) is 0 Å². The van der Waals surface area contributed by atoms with Crippen molar-refractivity contribution in [1.29, 1.82) is 0 Å². The molecule has 0 bridgehead atoms. The summed E-state index contributed by atoms with van der Waals surface area (Å²) in [5.41, 5.74) is 2.65. The maximum absolute atomic E-state index is 10.1. The van der Waals surface area contributed by atoms with Crippen LogP contribution < -0.4 is 4.90 Å². The first-order valence-corrected chi connectivity index (χ1v) is 13.5. The summed E-state index contributed by atoms with van der Waals surface area (Å²) in [5.74, 6) is -0.663. The largest absolute Gasteiger partial charge is 0.481 e. The van der Waals surface area contributed by atoms with E-state index < -0.39 is 5.97 Å². The van der Waals surface area contributed by atoms with Crippen LogP contribution in [0.3, 0.4) is 0 Å². The molecule has 0 spiro atoms. The summed E-state index contributed by atoms with van der Waals surface area (Å²) in [6.45, 7) is 3.26. The Bertz CT molecular complexity index is 987. The fourth-order valence-electron chi connectivity index (χ4n) is 4.13. The zero-order valence-electron chi connectivity index (χ0n) is 21.5. The standard InChI is InChI=1S/C21H22ClN.C10H20O2/c1-23(21-13-11-20(22)12-14-21)15-5-4-6-17-9-10-18-7-2-3-8-19(18)16-17;1-2-3-4-5-6-7-8-9-10(11)12/h2-3,7-14,16H,4-6,15H2,1H3;2-9H2,1H3,(H,11,12). The van der Waals surface area contributed by atoms with Crippen molar-refractivity contribution in [1.82, 2.24) is 0 Å². The molecule has 3 rings (SSSR count). The molecule has 0 aliphatic heterocycles. The third kappa shape index (κ3) is 12.1. The molecule has 0 amide bonds. The van der Waals surface area contributed by atoms with Gasteiger partial charge >= 0.3 is 5.97 Å². The molecular formula is C31H42ClNO2. The number of carbonyl (C=O) groups is 1. The number of halogens is 1. The Morgan fingerprint density at radius 3 is 2.14 bits per heavy atom. The molecule has 0 aliphatic carbocycles. The number of nitrogens with zero attached hydrogens (tertiary/aromatic N) is 1. The van der Waals surface area contributed by atoms with E-state index in [9.17, 15) is 4.79 Å². The van der Waals surface area contributed by atoms with Gasteiger partial charge in [-0.05, 0) is 66.3 Å². The van der Waals surface area contributed by atoms with Crippen LogP contribution in [0.2, 0.25) is 5.02 Å². The van der Waals surface area contributed by atoms with Crippen molar-refractivity contribution < 1.29 is 9.90 Å². The van der Waals surface area contributed by atoms with E-state index in [2.05, 4.69) is 73.5 Å². The van der Waals surface area contributed by atoms with Crippen LogP contribution in [-0.4, -0.2) is 24.7 Å². The van der Waals surface area contributed by atoms with E-state index in [1.165, 1.54) is 67.0 Å². The van der Waals surface area contributed by atoms with Crippen molar-refractivity contribution in [2.45, 2.75) is 77.6 Å². The Hall–Kier alpha value is -2.52. The molecule has 0 unspecified atom stereocenters. The fraction of sp³-hybridized carbons (Fsp3) is 0.452. The molecule has 3 nitrogen and oxygen atoms in total. The van der Waals surface area contributed by atoms with Gasteiger partial charge in [0.2, 0.25) is 0 Å². The number of benzene rings is 3. The maximum Gasteiger partial charge on any atom is 0.303 e. The summed E-state index contributed by atoms with van der Waals surface area (Å²) in [6, 6.07) is 23.4. The lowest BCUT2D eigenvalue weighted by Gasteiger charge is -2.19. The topological polar surface area (TPSA) is 40.5 Å². The second kappa shape index (κ2) is 17.0. The van der Waals surface area contributed by atoms with Crippen LogP contribution in [0, 0.1) is 0 Å². The number of carboxylic acids is 1. The summed E-state index contributed by atoms with van der Waals surface area (Å²) in [5, 5.41) is 11.8. The van der Waals surface area contributed by atoms with Gasteiger partial charge in [-0.2, -0.15) is 0 Å². The molecule has 0 fully saturated rings. The van der Waals surface area contributed by atoms with Crippen molar-refractivity contribution in [3.05, 3.63) is 77.3 Å². The van der Waals surface area contributed by atoms with Crippen molar-refractivity contribution in [2.24, 2.45) is 0 Å². The number of fused-ring (bicyclic) bond motifs is 1. The van der Waals surface area contributed by atoms with Crippen LogP contribution in [0.15, 0.2) is 66.7 Å². The Morgan fingerprint density at radius 2 is 1.46 bits per heavy atom. The van der Waals surface area contributed by atoms with Crippen molar-refractivity contribution in [3.8, 4) is 0 Å². The summed E-state index contributed by atoms with van der Waals surface area (Å²) in [6.07, 6.45) is 12.2.